The molecule has 0 aliphatic carbocycles. The first-order valence-electron chi connectivity index (χ1n) is 7.28. The molecule has 1 aliphatic heterocycles. The van der Waals surface area contributed by atoms with E-state index in [-0.39, 0.29) is 11.8 Å². The minimum absolute atomic E-state index is 0.0770. The Morgan fingerprint density at radius 3 is 2.80 bits per heavy atom. The molecular formula is C15H23NO3S. The van der Waals surface area contributed by atoms with Crippen LogP contribution in [0.3, 0.4) is 0 Å². The lowest BCUT2D eigenvalue weighted by Gasteiger charge is -2.12. The first-order chi connectivity index (χ1) is 9.65. The Morgan fingerprint density at radius 2 is 2.00 bits per heavy atom. The molecule has 1 aromatic rings. The smallest absolute Gasteiger partial charge is 0.180 e. The standard InChI is InChI=1S/C15H23NO3S/c1-2-3-10-19-11-6-9-16-14-12-20(17,18)15-8-5-4-7-13(14)15/h4-5,7-8,14,16H,2-3,6,9-12H2,1H3. The van der Waals surface area contributed by atoms with Gasteiger partial charge in [-0.25, -0.2) is 8.42 Å². The van der Waals surface area contributed by atoms with Gasteiger partial charge in [-0.1, -0.05) is 31.5 Å². The van der Waals surface area contributed by atoms with Crippen LogP contribution in [0.15, 0.2) is 29.2 Å². The molecule has 5 heteroatoms. The molecule has 20 heavy (non-hydrogen) atoms. The molecule has 1 unspecified atom stereocenters. The molecule has 4 nitrogen and oxygen atoms in total. The summed E-state index contributed by atoms with van der Waals surface area (Å²) in [5.41, 5.74) is 0.902. The van der Waals surface area contributed by atoms with Crippen molar-refractivity contribution in [2.45, 2.75) is 37.1 Å². The monoisotopic (exact) mass is 297 g/mol. The summed E-state index contributed by atoms with van der Waals surface area (Å²) >= 11 is 0. The van der Waals surface area contributed by atoms with Gasteiger partial charge in [0.2, 0.25) is 0 Å². The molecular weight excluding hydrogens is 274 g/mol. The Bertz CT molecular complexity index is 528. The van der Waals surface area contributed by atoms with Crippen molar-refractivity contribution in [1.29, 1.82) is 0 Å². The zero-order chi connectivity index (χ0) is 14.4. The van der Waals surface area contributed by atoms with Crippen LogP contribution < -0.4 is 5.32 Å². The summed E-state index contributed by atoms with van der Waals surface area (Å²) in [7, 11) is -3.10. The molecule has 1 N–H and O–H groups in total. The summed E-state index contributed by atoms with van der Waals surface area (Å²) < 4.78 is 29.5. The van der Waals surface area contributed by atoms with Gasteiger partial charge in [0.05, 0.1) is 10.6 Å². The largest absolute Gasteiger partial charge is 0.381 e. The van der Waals surface area contributed by atoms with E-state index in [0.717, 1.165) is 44.6 Å². The summed E-state index contributed by atoms with van der Waals surface area (Å²) in [4.78, 5) is 0.483. The van der Waals surface area contributed by atoms with E-state index in [1.165, 1.54) is 0 Å². The third-order valence-corrected chi connectivity index (χ3v) is 5.33. The molecule has 0 radical (unpaired) electrons. The number of benzene rings is 1. The number of sulfone groups is 1. The van der Waals surface area contributed by atoms with Crippen molar-refractivity contribution >= 4 is 9.84 Å². The molecule has 1 aliphatic rings. The zero-order valence-electron chi connectivity index (χ0n) is 12.0. The Balaban J connectivity index is 1.78. The number of hydrogen-bond donors (Lipinski definition) is 1. The molecule has 0 bridgehead atoms. The molecule has 1 aromatic carbocycles. The maximum Gasteiger partial charge on any atom is 0.180 e. The molecule has 2 rings (SSSR count). The Hall–Kier alpha value is -0.910. The molecule has 1 atom stereocenters. The van der Waals surface area contributed by atoms with Crippen LogP contribution in [0, 0.1) is 0 Å². The second-order valence-electron chi connectivity index (χ2n) is 5.15. The predicted molar refractivity (Wildman–Crippen MR) is 79.6 cm³/mol. The highest BCUT2D eigenvalue weighted by Crippen LogP contribution is 2.32. The summed E-state index contributed by atoms with van der Waals surface area (Å²) in [6.45, 7) is 4.47. The van der Waals surface area contributed by atoms with Crippen molar-refractivity contribution in [3.63, 3.8) is 0 Å². The van der Waals surface area contributed by atoms with E-state index in [4.69, 9.17) is 4.74 Å². The second-order valence-corrected chi connectivity index (χ2v) is 7.15. The van der Waals surface area contributed by atoms with Crippen LogP contribution in [0.1, 0.15) is 37.8 Å². The van der Waals surface area contributed by atoms with E-state index < -0.39 is 9.84 Å². The first-order valence-corrected chi connectivity index (χ1v) is 8.93. The van der Waals surface area contributed by atoms with Crippen LogP contribution in [-0.4, -0.2) is 33.9 Å². The Morgan fingerprint density at radius 1 is 1.25 bits per heavy atom. The highest BCUT2D eigenvalue weighted by atomic mass is 32.2. The lowest BCUT2D eigenvalue weighted by molar-refractivity contribution is 0.128. The normalized spacial score (nSPS) is 19.9. The number of hydrogen-bond acceptors (Lipinski definition) is 4. The van der Waals surface area contributed by atoms with Gasteiger partial charge in [-0.05, 0) is 31.0 Å². The van der Waals surface area contributed by atoms with Gasteiger partial charge >= 0.3 is 0 Å². The number of rotatable bonds is 8. The fourth-order valence-corrected chi connectivity index (χ4v) is 4.19. The minimum Gasteiger partial charge on any atom is -0.381 e. The van der Waals surface area contributed by atoms with Crippen LogP contribution in [0.25, 0.3) is 0 Å². The van der Waals surface area contributed by atoms with Gasteiger partial charge in [0.15, 0.2) is 9.84 Å². The third kappa shape index (κ3) is 3.81. The van der Waals surface area contributed by atoms with E-state index in [0.29, 0.717) is 4.90 Å². The summed E-state index contributed by atoms with van der Waals surface area (Å²) in [5.74, 6) is 0.170. The number of fused-ring (bicyclic) bond motifs is 1. The summed E-state index contributed by atoms with van der Waals surface area (Å²) in [5, 5.41) is 3.33. The van der Waals surface area contributed by atoms with Crippen LogP contribution in [0.4, 0.5) is 0 Å². The van der Waals surface area contributed by atoms with E-state index in [9.17, 15) is 8.42 Å². The van der Waals surface area contributed by atoms with Gasteiger partial charge in [-0.2, -0.15) is 0 Å². The lowest BCUT2D eigenvalue weighted by Crippen LogP contribution is -2.24. The van der Waals surface area contributed by atoms with Crippen molar-refractivity contribution in [3.8, 4) is 0 Å². The van der Waals surface area contributed by atoms with E-state index in [1.54, 1.807) is 12.1 Å². The summed E-state index contributed by atoms with van der Waals surface area (Å²) in [6.07, 6.45) is 3.15. The third-order valence-electron chi connectivity index (χ3n) is 3.51. The van der Waals surface area contributed by atoms with E-state index in [2.05, 4.69) is 12.2 Å². The number of unbranched alkanes of at least 4 members (excludes halogenated alkanes) is 1. The number of ether oxygens (including phenoxy) is 1. The molecule has 0 fully saturated rings. The topological polar surface area (TPSA) is 55.4 Å². The van der Waals surface area contributed by atoms with E-state index >= 15 is 0 Å². The van der Waals surface area contributed by atoms with Crippen LogP contribution in [-0.2, 0) is 14.6 Å². The fraction of sp³-hybridized carbons (Fsp3) is 0.600. The van der Waals surface area contributed by atoms with E-state index in [1.807, 2.05) is 12.1 Å². The van der Waals surface area contributed by atoms with Gasteiger partial charge in [0.25, 0.3) is 0 Å². The molecule has 1 heterocycles. The Kier molecular flexibility index (Phi) is 5.57. The van der Waals surface area contributed by atoms with Crippen molar-refractivity contribution < 1.29 is 13.2 Å². The highest BCUT2D eigenvalue weighted by molar-refractivity contribution is 7.91. The van der Waals surface area contributed by atoms with Crippen molar-refractivity contribution in [2.24, 2.45) is 0 Å². The molecule has 112 valence electrons. The summed E-state index contributed by atoms with van der Waals surface area (Å²) in [6, 6.07) is 7.18. The van der Waals surface area contributed by atoms with Gasteiger partial charge < -0.3 is 10.1 Å². The van der Waals surface area contributed by atoms with Crippen molar-refractivity contribution in [3.05, 3.63) is 29.8 Å². The van der Waals surface area contributed by atoms with Crippen LogP contribution in [0.2, 0.25) is 0 Å². The molecule has 0 saturated heterocycles. The molecule has 0 amide bonds. The van der Waals surface area contributed by atoms with Gasteiger partial charge in [-0.15, -0.1) is 0 Å². The SMILES string of the molecule is CCCCOCCCNC1CS(=O)(=O)c2ccccc21. The van der Waals surface area contributed by atoms with Gasteiger partial charge in [-0.3, -0.25) is 0 Å². The van der Waals surface area contributed by atoms with Gasteiger partial charge in [0, 0.05) is 19.3 Å². The van der Waals surface area contributed by atoms with Crippen LogP contribution in [0.5, 0.6) is 0 Å². The quantitative estimate of drug-likeness (QED) is 0.748. The lowest BCUT2D eigenvalue weighted by atomic mass is 10.1. The maximum atomic E-state index is 12.0. The fourth-order valence-electron chi connectivity index (χ4n) is 2.42. The first kappa shape index (κ1) is 15.5. The maximum absolute atomic E-state index is 12.0. The van der Waals surface area contributed by atoms with Crippen LogP contribution >= 0.6 is 0 Å². The number of nitrogens with one attached hydrogen (secondary N) is 1. The average molecular weight is 297 g/mol. The van der Waals surface area contributed by atoms with Crippen molar-refractivity contribution in [2.75, 3.05) is 25.5 Å². The second kappa shape index (κ2) is 7.20. The minimum atomic E-state index is -3.10. The molecule has 0 saturated carbocycles. The van der Waals surface area contributed by atoms with Crippen molar-refractivity contribution in [1.82, 2.24) is 5.32 Å². The predicted octanol–water partition coefficient (Wildman–Crippen LogP) is 2.31. The molecule has 0 spiro atoms. The molecule has 0 aromatic heterocycles. The Labute approximate surface area is 121 Å². The highest BCUT2D eigenvalue weighted by Gasteiger charge is 2.33. The average Bonchev–Trinajstić information content (AvgIpc) is 2.70. The van der Waals surface area contributed by atoms with Gasteiger partial charge in [0.1, 0.15) is 0 Å². The zero-order valence-corrected chi connectivity index (χ0v) is 12.8.